The van der Waals surface area contributed by atoms with E-state index >= 15 is 0 Å². The Morgan fingerprint density at radius 2 is 1.81 bits per heavy atom. The minimum Gasteiger partial charge on any atom is -0.387 e. The van der Waals surface area contributed by atoms with Crippen molar-refractivity contribution in [2.75, 3.05) is 0 Å². The third-order valence-electron chi connectivity index (χ3n) is 5.06. The van der Waals surface area contributed by atoms with E-state index < -0.39 is 36.5 Å². The summed E-state index contributed by atoms with van der Waals surface area (Å²) in [5.74, 6) is -0.430. The Balaban J connectivity index is 1.68. The van der Waals surface area contributed by atoms with E-state index in [-0.39, 0.29) is 0 Å². The molecule has 0 unspecified atom stereocenters. The maximum atomic E-state index is 13.1. The molecule has 3 N–H and O–H groups in total. The van der Waals surface area contributed by atoms with Gasteiger partial charge in [-0.2, -0.15) is 0 Å². The number of benzene rings is 1. The Morgan fingerprint density at radius 3 is 2.52 bits per heavy atom. The van der Waals surface area contributed by atoms with E-state index in [9.17, 15) is 19.7 Å². The molecule has 1 aliphatic heterocycles. The summed E-state index contributed by atoms with van der Waals surface area (Å²) in [5.41, 5.74) is 2.68. The molecule has 7 nitrogen and oxygen atoms in total. The SMILES string of the molecule is Cc1cn([C@@H]2O[C@H]([C@H](O)c3ccc(F)cc3)[C@@H](O)[C@H]2O)c2ncnc(C)c12. The number of hydrogen-bond donors (Lipinski definition) is 3. The lowest BCUT2D eigenvalue weighted by atomic mass is 9.99. The molecule has 27 heavy (non-hydrogen) atoms. The Bertz CT molecular complexity index is 975. The first-order valence-corrected chi connectivity index (χ1v) is 8.62. The molecule has 5 atom stereocenters. The molecule has 1 aromatic carbocycles. The molecule has 1 aliphatic rings. The van der Waals surface area contributed by atoms with Gasteiger partial charge >= 0.3 is 0 Å². The summed E-state index contributed by atoms with van der Waals surface area (Å²) in [7, 11) is 0. The lowest BCUT2D eigenvalue weighted by molar-refractivity contribution is -0.0848. The molecule has 8 heteroatoms. The summed E-state index contributed by atoms with van der Waals surface area (Å²) in [5, 5.41) is 32.4. The van der Waals surface area contributed by atoms with Gasteiger partial charge in [-0.15, -0.1) is 0 Å². The average Bonchev–Trinajstić information content (AvgIpc) is 3.13. The minimum atomic E-state index is -1.32. The Labute approximate surface area is 154 Å². The number of rotatable bonds is 3. The van der Waals surface area contributed by atoms with E-state index in [1.807, 2.05) is 13.8 Å². The van der Waals surface area contributed by atoms with E-state index in [2.05, 4.69) is 9.97 Å². The molecule has 1 saturated heterocycles. The van der Waals surface area contributed by atoms with E-state index in [4.69, 9.17) is 4.74 Å². The zero-order chi connectivity index (χ0) is 19.3. The fourth-order valence-electron chi connectivity index (χ4n) is 3.67. The van der Waals surface area contributed by atoms with Crippen LogP contribution in [0.4, 0.5) is 4.39 Å². The molecule has 2 aromatic heterocycles. The molecule has 0 amide bonds. The van der Waals surface area contributed by atoms with Gasteiger partial charge in [-0.25, -0.2) is 14.4 Å². The molecule has 142 valence electrons. The topological polar surface area (TPSA) is 101 Å². The summed E-state index contributed by atoms with van der Waals surface area (Å²) in [6.07, 6.45) is -2.61. The second-order valence-corrected chi connectivity index (χ2v) is 6.85. The van der Waals surface area contributed by atoms with Crippen LogP contribution in [0.15, 0.2) is 36.8 Å². The molecule has 4 rings (SSSR count). The van der Waals surface area contributed by atoms with E-state index in [0.717, 1.165) is 16.6 Å². The average molecular weight is 373 g/mol. The molecule has 3 heterocycles. The van der Waals surface area contributed by atoms with Gasteiger partial charge in [0.2, 0.25) is 0 Å². The summed E-state index contributed by atoms with van der Waals surface area (Å²) < 4.78 is 20.6. The summed E-state index contributed by atoms with van der Waals surface area (Å²) in [6.45, 7) is 3.76. The number of ether oxygens (including phenoxy) is 1. The molecule has 1 fully saturated rings. The molecule has 0 saturated carbocycles. The highest BCUT2D eigenvalue weighted by Gasteiger charge is 2.47. The monoisotopic (exact) mass is 373 g/mol. The number of hydrogen-bond acceptors (Lipinski definition) is 6. The van der Waals surface area contributed by atoms with Gasteiger partial charge < -0.3 is 24.6 Å². The van der Waals surface area contributed by atoms with Crippen LogP contribution in [0.1, 0.15) is 29.2 Å². The maximum Gasteiger partial charge on any atom is 0.164 e. The van der Waals surface area contributed by atoms with Crippen molar-refractivity contribution in [1.82, 2.24) is 14.5 Å². The Hall–Kier alpha value is -2.39. The lowest BCUT2D eigenvalue weighted by Gasteiger charge is -2.21. The molecule has 0 aliphatic carbocycles. The quantitative estimate of drug-likeness (QED) is 0.644. The number of aryl methyl sites for hydroxylation is 2. The van der Waals surface area contributed by atoms with Gasteiger partial charge in [-0.3, -0.25) is 0 Å². The van der Waals surface area contributed by atoms with Gasteiger partial charge in [0.15, 0.2) is 6.23 Å². The second-order valence-electron chi connectivity index (χ2n) is 6.85. The predicted molar refractivity (Wildman–Crippen MR) is 94.3 cm³/mol. The van der Waals surface area contributed by atoms with Crippen molar-refractivity contribution >= 4 is 11.0 Å². The van der Waals surface area contributed by atoms with Crippen molar-refractivity contribution in [3.8, 4) is 0 Å². The molecule has 0 bridgehead atoms. The van der Waals surface area contributed by atoms with Crippen LogP contribution in [-0.4, -0.2) is 48.2 Å². The van der Waals surface area contributed by atoms with Gasteiger partial charge in [-0.05, 0) is 37.1 Å². The van der Waals surface area contributed by atoms with Crippen molar-refractivity contribution in [2.24, 2.45) is 0 Å². The smallest absolute Gasteiger partial charge is 0.164 e. The highest BCUT2D eigenvalue weighted by molar-refractivity contribution is 5.82. The zero-order valence-electron chi connectivity index (χ0n) is 14.8. The largest absolute Gasteiger partial charge is 0.387 e. The standard InChI is InChI=1S/C19H20FN3O4/c1-9-7-23(18-13(9)10(2)21-8-22-18)19-16(26)15(25)17(27-19)14(24)11-3-5-12(20)6-4-11/h3-8,14-17,19,24-26H,1-2H3/t14-,15+,16-,17-,19-/m1/s1. The van der Waals surface area contributed by atoms with Crippen molar-refractivity contribution in [2.45, 2.75) is 44.5 Å². The van der Waals surface area contributed by atoms with E-state index in [0.29, 0.717) is 11.2 Å². The predicted octanol–water partition coefficient (Wildman–Crippen LogP) is 1.54. The summed E-state index contributed by atoms with van der Waals surface area (Å²) >= 11 is 0. The number of aromatic nitrogens is 3. The molecule has 0 spiro atoms. The minimum absolute atomic E-state index is 0.389. The number of halogens is 1. The van der Waals surface area contributed by atoms with Crippen LogP contribution in [0.2, 0.25) is 0 Å². The first-order chi connectivity index (χ1) is 12.9. The molecule has 3 aromatic rings. The van der Waals surface area contributed by atoms with Gasteiger partial charge in [-0.1, -0.05) is 12.1 Å². The zero-order valence-corrected chi connectivity index (χ0v) is 14.8. The second kappa shape index (κ2) is 6.65. The number of aliphatic hydroxyl groups is 3. The van der Waals surface area contributed by atoms with Crippen molar-refractivity contribution in [3.63, 3.8) is 0 Å². The third-order valence-corrected chi connectivity index (χ3v) is 5.06. The van der Waals surface area contributed by atoms with Crippen LogP contribution in [-0.2, 0) is 4.74 Å². The number of aliphatic hydroxyl groups excluding tert-OH is 3. The van der Waals surface area contributed by atoms with Gasteiger partial charge in [0.1, 0.15) is 42.2 Å². The maximum absolute atomic E-state index is 13.1. The molecular formula is C19H20FN3O4. The normalized spacial score (nSPS) is 26.6. The van der Waals surface area contributed by atoms with Crippen molar-refractivity contribution < 1.29 is 24.4 Å². The molecule has 0 radical (unpaired) electrons. The first-order valence-electron chi connectivity index (χ1n) is 8.62. The van der Waals surface area contributed by atoms with Crippen LogP contribution in [0, 0.1) is 19.7 Å². The number of nitrogens with zero attached hydrogens (tertiary/aromatic N) is 3. The third kappa shape index (κ3) is 2.90. The van der Waals surface area contributed by atoms with Gasteiger partial charge in [0, 0.05) is 11.6 Å². The van der Waals surface area contributed by atoms with Crippen LogP contribution < -0.4 is 0 Å². The lowest BCUT2D eigenvalue weighted by Crippen LogP contribution is -2.34. The molecular weight excluding hydrogens is 353 g/mol. The highest BCUT2D eigenvalue weighted by atomic mass is 19.1. The Kier molecular flexibility index (Phi) is 4.43. The van der Waals surface area contributed by atoms with Gasteiger partial charge in [0.05, 0.1) is 5.69 Å². The summed E-state index contributed by atoms with van der Waals surface area (Å²) in [4.78, 5) is 8.46. The van der Waals surface area contributed by atoms with Gasteiger partial charge in [0.25, 0.3) is 0 Å². The van der Waals surface area contributed by atoms with Crippen LogP contribution in [0.25, 0.3) is 11.0 Å². The highest BCUT2D eigenvalue weighted by Crippen LogP contribution is 2.38. The first kappa shape index (κ1) is 18.0. The summed E-state index contributed by atoms with van der Waals surface area (Å²) in [6, 6.07) is 5.27. The van der Waals surface area contributed by atoms with E-state index in [1.165, 1.54) is 30.6 Å². The van der Waals surface area contributed by atoms with E-state index in [1.54, 1.807) is 10.8 Å². The van der Waals surface area contributed by atoms with Crippen LogP contribution in [0.3, 0.4) is 0 Å². The van der Waals surface area contributed by atoms with Crippen molar-refractivity contribution in [3.05, 3.63) is 59.4 Å². The fraction of sp³-hybridized carbons (Fsp3) is 0.368. The fourth-order valence-corrected chi connectivity index (χ4v) is 3.67. The van der Waals surface area contributed by atoms with Crippen molar-refractivity contribution in [1.29, 1.82) is 0 Å². The number of fused-ring (bicyclic) bond motifs is 1. The Morgan fingerprint density at radius 1 is 1.11 bits per heavy atom. The van der Waals surface area contributed by atoms with Crippen LogP contribution >= 0.6 is 0 Å². The van der Waals surface area contributed by atoms with Crippen LogP contribution in [0.5, 0.6) is 0 Å².